The molecule has 1 aromatic heterocycles. The van der Waals surface area contributed by atoms with Crippen LogP contribution in [0.1, 0.15) is 23.7 Å². The van der Waals surface area contributed by atoms with E-state index in [4.69, 9.17) is 16.6 Å². The summed E-state index contributed by atoms with van der Waals surface area (Å²) in [7, 11) is 0. The number of carboxylic acid groups (broad SMARTS) is 1. The normalized spacial score (nSPS) is 11.1. The molecule has 10 nitrogen and oxygen atoms in total. The minimum Gasteiger partial charge on any atom is -0.481 e. The first-order chi connectivity index (χ1) is 11.9. The minimum absolute atomic E-state index is 0. The van der Waals surface area contributed by atoms with Gasteiger partial charge in [0, 0.05) is 0 Å². The number of aliphatic imine (C=N–C) groups is 1. The summed E-state index contributed by atoms with van der Waals surface area (Å²) in [6.45, 7) is 0.0629. The molecule has 26 heavy (non-hydrogen) atoms. The maximum Gasteiger partial charge on any atom is 0.305 e. The Morgan fingerprint density at radius 2 is 1.96 bits per heavy atom. The summed E-state index contributed by atoms with van der Waals surface area (Å²) in [6, 6.07) is 8.27. The van der Waals surface area contributed by atoms with Crippen LogP contribution < -0.4 is 16.8 Å². The first-order valence-corrected chi connectivity index (χ1v) is 7.44. The summed E-state index contributed by atoms with van der Waals surface area (Å²) >= 11 is 0. The fraction of sp³-hybridized carbons (Fsp3) is 0.267. The van der Waals surface area contributed by atoms with E-state index in [0.717, 1.165) is 0 Å². The number of carbonyl (C=O) groups excluding carboxylic acids is 1. The van der Waals surface area contributed by atoms with Crippen molar-refractivity contribution >= 4 is 30.2 Å². The lowest BCUT2D eigenvalue weighted by molar-refractivity contribution is -0.137. The summed E-state index contributed by atoms with van der Waals surface area (Å²) in [4.78, 5) is 27.0. The van der Waals surface area contributed by atoms with Gasteiger partial charge in [-0.05, 0) is 5.56 Å². The predicted octanol–water partition coefficient (Wildman–Crippen LogP) is -0.194. The molecule has 1 amide bonds. The number of aromatic nitrogens is 3. The largest absolute Gasteiger partial charge is 0.481 e. The molecule has 2 rings (SSSR count). The van der Waals surface area contributed by atoms with Gasteiger partial charge >= 0.3 is 5.97 Å². The van der Waals surface area contributed by atoms with Gasteiger partial charge in [-0.3, -0.25) is 9.59 Å². The third kappa shape index (κ3) is 6.77. The number of benzene rings is 1. The number of carboxylic acids is 1. The van der Waals surface area contributed by atoms with E-state index in [1.54, 1.807) is 30.5 Å². The molecule has 1 aromatic carbocycles. The number of rotatable bonds is 8. The second kappa shape index (κ2) is 9.99. The highest BCUT2D eigenvalue weighted by atomic mass is 35.5. The van der Waals surface area contributed by atoms with E-state index in [9.17, 15) is 9.59 Å². The number of guanidine groups is 1. The van der Waals surface area contributed by atoms with E-state index in [2.05, 4.69) is 20.6 Å². The minimum atomic E-state index is -1.01. The number of nitrogens with one attached hydrogen (secondary N) is 1. The van der Waals surface area contributed by atoms with Crippen LogP contribution in [0.25, 0.3) is 0 Å². The van der Waals surface area contributed by atoms with Gasteiger partial charge in [-0.15, -0.1) is 17.5 Å². The number of halogens is 1. The highest BCUT2D eigenvalue weighted by Crippen LogP contribution is 2.16. The molecule has 0 spiro atoms. The second-order valence-electron chi connectivity index (χ2n) is 5.28. The van der Waals surface area contributed by atoms with Gasteiger partial charge in [0.2, 0.25) is 5.91 Å². The van der Waals surface area contributed by atoms with Crippen LogP contribution in [0.15, 0.2) is 41.5 Å². The number of nitrogens with two attached hydrogens (primary N) is 2. The Kier molecular flexibility index (Phi) is 8.03. The number of nitrogens with zero attached hydrogens (tertiary/aromatic N) is 4. The molecule has 0 bridgehead atoms. The zero-order valence-corrected chi connectivity index (χ0v) is 14.6. The van der Waals surface area contributed by atoms with E-state index in [1.807, 2.05) is 6.07 Å². The molecule has 1 heterocycles. The van der Waals surface area contributed by atoms with E-state index in [1.165, 1.54) is 4.68 Å². The monoisotopic (exact) mass is 381 g/mol. The van der Waals surface area contributed by atoms with Gasteiger partial charge in [0.25, 0.3) is 0 Å². The third-order valence-electron chi connectivity index (χ3n) is 3.23. The second-order valence-corrected chi connectivity index (χ2v) is 5.28. The summed E-state index contributed by atoms with van der Waals surface area (Å²) in [5.74, 6) is -1.45. The molecule has 6 N–H and O–H groups in total. The number of aliphatic carboxylic acids is 1. The number of hydrogen-bond donors (Lipinski definition) is 4. The maximum atomic E-state index is 12.2. The Bertz CT molecular complexity index is 760. The van der Waals surface area contributed by atoms with Gasteiger partial charge in [0.15, 0.2) is 5.96 Å². The Hall–Kier alpha value is -3.14. The van der Waals surface area contributed by atoms with Crippen molar-refractivity contribution < 1.29 is 14.7 Å². The first-order valence-electron chi connectivity index (χ1n) is 7.44. The van der Waals surface area contributed by atoms with Gasteiger partial charge in [-0.1, -0.05) is 35.5 Å². The molecule has 0 fully saturated rings. The highest BCUT2D eigenvalue weighted by Gasteiger charge is 2.18. The summed E-state index contributed by atoms with van der Waals surface area (Å²) in [5.41, 5.74) is 11.7. The quantitative estimate of drug-likeness (QED) is 0.363. The number of hydrogen-bond acceptors (Lipinski definition) is 5. The molecule has 2 aromatic rings. The van der Waals surface area contributed by atoms with E-state index in [-0.39, 0.29) is 43.8 Å². The molecule has 11 heteroatoms. The van der Waals surface area contributed by atoms with Crippen molar-refractivity contribution in [2.24, 2.45) is 16.5 Å². The predicted molar refractivity (Wildman–Crippen MR) is 96.4 cm³/mol. The van der Waals surface area contributed by atoms with Gasteiger partial charge in [-0.2, -0.15) is 0 Å². The number of amides is 1. The Morgan fingerprint density at radius 1 is 1.27 bits per heavy atom. The molecule has 0 saturated heterocycles. The van der Waals surface area contributed by atoms with Crippen LogP contribution in [-0.4, -0.2) is 37.9 Å². The Morgan fingerprint density at radius 3 is 2.58 bits per heavy atom. The van der Waals surface area contributed by atoms with Crippen LogP contribution >= 0.6 is 12.4 Å². The zero-order valence-electron chi connectivity index (χ0n) is 13.8. The van der Waals surface area contributed by atoms with Crippen LogP contribution in [0.4, 0.5) is 0 Å². The van der Waals surface area contributed by atoms with Crippen molar-refractivity contribution in [2.75, 3.05) is 0 Å². The van der Waals surface area contributed by atoms with Crippen molar-refractivity contribution in [1.82, 2.24) is 20.3 Å². The van der Waals surface area contributed by atoms with Crippen molar-refractivity contribution in [3.8, 4) is 0 Å². The van der Waals surface area contributed by atoms with Crippen LogP contribution in [0, 0.1) is 0 Å². The SMILES string of the molecule is Cl.NC(N)=NCc1cn(CC(=O)N[C@@H](CC(=O)O)c2ccccc2)nn1. The molecule has 0 aliphatic carbocycles. The third-order valence-corrected chi connectivity index (χ3v) is 3.23. The molecule has 0 aliphatic rings. The maximum absolute atomic E-state index is 12.2. The zero-order chi connectivity index (χ0) is 18.2. The summed E-state index contributed by atoms with van der Waals surface area (Å²) in [6.07, 6.45) is 1.32. The average Bonchev–Trinajstić information content (AvgIpc) is 3.00. The van der Waals surface area contributed by atoms with Gasteiger partial charge in [0.1, 0.15) is 12.2 Å². The lowest BCUT2D eigenvalue weighted by Crippen LogP contribution is -2.33. The molecule has 0 radical (unpaired) electrons. The summed E-state index contributed by atoms with van der Waals surface area (Å²) < 4.78 is 1.33. The molecule has 0 saturated carbocycles. The fourth-order valence-electron chi connectivity index (χ4n) is 2.16. The van der Waals surface area contributed by atoms with Crippen LogP contribution in [0.2, 0.25) is 0 Å². The fourth-order valence-corrected chi connectivity index (χ4v) is 2.16. The van der Waals surface area contributed by atoms with Crippen LogP contribution in [0.3, 0.4) is 0 Å². The van der Waals surface area contributed by atoms with Gasteiger partial charge in [-0.25, -0.2) is 9.67 Å². The lowest BCUT2D eigenvalue weighted by atomic mass is 10.0. The standard InChI is InChI=1S/C15H19N7O3.ClH/c16-15(17)18-7-11-8-22(21-20-11)9-13(23)19-12(6-14(24)25)10-4-2-1-3-5-10;/h1-5,8,12H,6-7,9H2,(H,19,23)(H,24,25)(H4,16,17,18);1H/t12-;/m0./s1. The highest BCUT2D eigenvalue weighted by molar-refractivity contribution is 5.85. The molecule has 0 unspecified atom stereocenters. The average molecular weight is 382 g/mol. The van der Waals surface area contributed by atoms with E-state index < -0.39 is 12.0 Å². The molecular weight excluding hydrogens is 362 g/mol. The molecule has 140 valence electrons. The summed E-state index contributed by atoms with van der Waals surface area (Å²) in [5, 5.41) is 19.4. The van der Waals surface area contributed by atoms with Crippen molar-refractivity contribution in [3.63, 3.8) is 0 Å². The Balaban J connectivity index is 0.00000338. The molecular formula is C15H20ClN7O3. The van der Waals surface area contributed by atoms with E-state index in [0.29, 0.717) is 11.3 Å². The van der Waals surface area contributed by atoms with Gasteiger partial charge < -0.3 is 21.9 Å². The topological polar surface area (TPSA) is 162 Å². The molecule has 0 aliphatic heterocycles. The van der Waals surface area contributed by atoms with Crippen molar-refractivity contribution in [2.45, 2.75) is 25.6 Å². The van der Waals surface area contributed by atoms with Gasteiger partial charge in [0.05, 0.1) is 25.2 Å². The molecule has 1 atom stereocenters. The van der Waals surface area contributed by atoms with E-state index >= 15 is 0 Å². The van der Waals surface area contributed by atoms with Crippen LogP contribution in [-0.2, 0) is 22.7 Å². The first kappa shape index (κ1) is 20.9. The number of carbonyl (C=O) groups is 2. The smallest absolute Gasteiger partial charge is 0.305 e. The van der Waals surface area contributed by atoms with Crippen molar-refractivity contribution in [1.29, 1.82) is 0 Å². The lowest BCUT2D eigenvalue weighted by Gasteiger charge is -2.17. The van der Waals surface area contributed by atoms with Crippen molar-refractivity contribution in [3.05, 3.63) is 47.8 Å². The van der Waals surface area contributed by atoms with Crippen LogP contribution in [0.5, 0.6) is 0 Å². The Labute approximate surface area is 155 Å².